The lowest BCUT2D eigenvalue weighted by Crippen LogP contribution is -2.10. The number of ether oxygens (including phenoxy) is 3. The summed E-state index contributed by atoms with van der Waals surface area (Å²) in [6.45, 7) is 3.94. The number of hydrogen-bond donors (Lipinski definition) is 0. The zero-order valence-corrected chi connectivity index (χ0v) is 13.1. The van der Waals surface area contributed by atoms with E-state index in [1.54, 1.807) is 18.2 Å². The van der Waals surface area contributed by atoms with Crippen molar-refractivity contribution < 1.29 is 23.5 Å². The van der Waals surface area contributed by atoms with Crippen molar-refractivity contribution in [3.05, 3.63) is 35.2 Å². The van der Waals surface area contributed by atoms with Crippen LogP contribution in [-0.2, 0) is 10.5 Å². The highest BCUT2D eigenvalue weighted by molar-refractivity contribution is 7.99. The Morgan fingerprint density at radius 2 is 2.14 bits per heavy atom. The summed E-state index contributed by atoms with van der Waals surface area (Å²) in [6, 6.07) is 5.06. The van der Waals surface area contributed by atoms with E-state index in [9.17, 15) is 4.79 Å². The molecule has 2 heterocycles. The van der Waals surface area contributed by atoms with E-state index in [0.29, 0.717) is 23.0 Å². The van der Waals surface area contributed by atoms with Gasteiger partial charge >= 0.3 is 5.97 Å². The fourth-order valence-electron chi connectivity index (χ4n) is 2.05. The first-order valence-electron chi connectivity index (χ1n) is 6.73. The van der Waals surface area contributed by atoms with Gasteiger partial charge in [-0.2, -0.15) is 0 Å². The summed E-state index contributed by atoms with van der Waals surface area (Å²) in [5.74, 6) is 3.09. The van der Waals surface area contributed by atoms with Crippen LogP contribution in [0.5, 0.6) is 17.2 Å². The first-order valence-corrected chi connectivity index (χ1v) is 7.89. The SMILES string of the molecule is Cc1noc(C)c1CSCC(=O)Oc1ccc2c(c1)OCO2. The maximum Gasteiger partial charge on any atom is 0.321 e. The predicted octanol–water partition coefficient (Wildman–Crippen LogP) is 2.86. The van der Waals surface area contributed by atoms with E-state index in [2.05, 4.69) is 5.16 Å². The van der Waals surface area contributed by atoms with Crippen LogP contribution in [0.4, 0.5) is 0 Å². The van der Waals surface area contributed by atoms with Crippen molar-refractivity contribution in [3.63, 3.8) is 0 Å². The van der Waals surface area contributed by atoms with E-state index >= 15 is 0 Å². The number of fused-ring (bicyclic) bond motifs is 1. The van der Waals surface area contributed by atoms with E-state index in [4.69, 9.17) is 18.7 Å². The van der Waals surface area contributed by atoms with E-state index < -0.39 is 0 Å². The molecule has 116 valence electrons. The van der Waals surface area contributed by atoms with Gasteiger partial charge in [0.25, 0.3) is 0 Å². The van der Waals surface area contributed by atoms with Crippen LogP contribution in [0.2, 0.25) is 0 Å². The number of aryl methyl sites for hydroxylation is 2. The lowest BCUT2D eigenvalue weighted by molar-refractivity contribution is -0.131. The Labute approximate surface area is 131 Å². The van der Waals surface area contributed by atoms with Gasteiger partial charge in [-0.3, -0.25) is 4.79 Å². The number of thioether (sulfide) groups is 1. The van der Waals surface area contributed by atoms with Crippen LogP contribution in [0.15, 0.2) is 22.7 Å². The summed E-state index contributed by atoms with van der Waals surface area (Å²) < 4.78 is 20.8. The maximum atomic E-state index is 11.9. The van der Waals surface area contributed by atoms with E-state index in [1.165, 1.54) is 11.8 Å². The van der Waals surface area contributed by atoms with Crippen LogP contribution >= 0.6 is 11.8 Å². The molecule has 1 aliphatic rings. The molecule has 0 fully saturated rings. The second kappa shape index (κ2) is 6.31. The Kier molecular flexibility index (Phi) is 4.24. The first-order chi connectivity index (χ1) is 10.6. The molecule has 22 heavy (non-hydrogen) atoms. The lowest BCUT2D eigenvalue weighted by Gasteiger charge is -2.05. The highest BCUT2D eigenvalue weighted by Crippen LogP contribution is 2.35. The fraction of sp³-hybridized carbons (Fsp3) is 0.333. The lowest BCUT2D eigenvalue weighted by atomic mass is 10.2. The monoisotopic (exact) mass is 321 g/mol. The van der Waals surface area contributed by atoms with Crippen molar-refractivity contribution in [3.8, 4) is 17.2 Å². The van der Waals surface area contributed by atoms with Gasteiger partial charge < -0.3 is 18.7 Å². The number of aromatic nitrogens is 1. The minimum absolute atomic E-state index is 0.194. The number of nitrogens with zero attached hydrogens (tertiary/aromatic N) is 1. The molecule has 0 N–H and O–H groups in total. The average Bonchev–Trinajstić information content (AvgIpc) is 3.07. The molecule has 0 bridgehead atoms. The van der Waals surface area contributed by atoms with E-state index in [-0.39, 0.29) is 18.5 Å². The van der Waals surface area contributed by atoms with Gasteiger partial charge in [0.1, 0.15) is 11.5 Å². The van der Waals surface area contributed by atoms with Crippen molar-refractivity contribution >= 4 is 17.7 Å². The third-order valence-corrected chi connectivity index (χ3v) is 4.16. The minimum Gasteiger partial charge on any atom is -0.454 e. The Bertz CT molecular complexity index is 678. The van der Waals surface area contributed by atoms with Crippen LogP contribution in [0.25, 0.3) is 0 Å². The van der Waals surface area contributed by atoms with Gasteiger partial charge in [0, 0.05) is 17.4 Å². The molecular formula is C15H15NO5S. The molecule has 7 heteroatoms. The van der Waals surface area contributed by atoms with Gasteiger partial charge in [0.2, 0.25) is 6.79 Å². The standard InChI is InChI=1S/C15H15NO5S/c1-9-12(10(2)21-16-9)6-22-7-15(17)20-11-3-4-13-14(5-11)19-8-18-13/h3-5H,6-8H2,1-2H3. The first kappa shape index (κ1) is 14.8. The number of esters is 1. The summed E-state index contributed by atoms with van der Waals surface area (Å²) in [5.41, 5.74) is 1.88. The molecule has 1 aromatic heterocycles. The average molecular weight is 321 g/mol. The van der Waals surface area contributed by atoms with Gasteiger partial charge in [-0.25, -0.2) is 0 Å². The minimum atomic E-state index is -0.310. The molecular weight excluding hydrogens is 306 g/mol. The van der Waals surface area contributed by atoms with Crippen molar-refractivity contribution in [2.45, 2.75) is 19.6 Å². The number of carbonyl (C=O) groups excluding carboxylic acids is 1. The third kappa shape index (κ3) is 3.19. The van der Waals surface area contributed by atoms with Crippen LogP contribution in [-0.4, -0.2) is 23.7 Å². The normalized spacial score (nSPS) is 12.5. The highest BCUT2D eigenvalue weighted by Gasteiger charge is 2.15. The van der Waals surface area contributed by atoms with Crippen molar-refractivity contribution in [2.75, 3.05) is 12.5 Å². The Balaban J connectivity index is 1.50. The zero-order chi connectivity index (χ0) is 15.5. The highest BCUT2D eigenvalue weighted by atomic mass is 32.2. The number of benzene rings is 1. The van der Waals surface area contributed by atoms with Crippen molar-refractivity contribution in [1.29, 1.82) is 0 Å². The van der Waals surface area contributed by atoms with Gasteiger partial charge in [-0.15, -0.1) is 11.8 Å². The molecule has 6 nitrogen and oxygen atoms in total. The van der Waals surface area contributed by atoms with Crippen molar-refractivity contribution in [1.82, 2.24) is 5.16 Å². The van der Waals surface area contributed by atoms with Gasteiger partial charge in [0.15, 0.2) is 11.5 Å². The van der Waals surface area contributed by atoms with Gasteiger partial charge in [-0.05, 0) is 26.0 Å². The zero-order valence-electron chi connectivity index (χ0n) is 12.3. The summed E-state index contributed by atoms with van der Waals surface area (Å²) >= 11 is 1.46. The molecule has 0 unspecified atom stereocenters. The summed E-state index contributed by atoms with van der Waals surface area (Å²) in [6.07, 6.45) is 0. The molecule has 0 saturated carbocycles. The largest absolute Gasteiger partial charge is 0.454 e. The van der Waals surface area contributed by atoms with E-state index in [1.807, 2.05) is 13.8 Å². The number of carbonyl (C=O) groups is 1. The molecule has 0 spiro atoms. The maximum absolute atomic E-state index is 11.9. The topological polar surface area (TPSA) is 70.8 Å². The van der Waals surface area contributed by atoms with Gasteiger partial charge in [0.05, 0.1) is 11.4 Å². The van der Waals surface area contributed by atoms with Crippen LogP contribution in [0, 0.1) is 13.8 Å². The summed E-state index contributed by atoms with van der Waals surface area (Å²) in [7, 11) is 0. The smallest absolute Gasteiger partial charge is 0.321 e. The van der Waals surface area contributed by atoms with Gasteiger partial charge in [-0.1, -0.05) is 5.16 Å². The predicted molar refractivity (Wildman–Crippen MR) is 80.3 cm³/mol. The molecule has 1 aliphatic heterocycles. The molecule has 0 amide bonds. The molecule has 2 aromatic rings. The molecule has 0 aliphatic carbocycles. The quantitative estimate of drug-likeness (QED) is 0.619. The molecule has 0 radical (unpaired) electrons. The number of rotatable bonds is 5. The molecule has 3 rings (SSSR count). The Morgan fingerprint density at radius 1 is 1.32 bits per heavy atom. The molecule has 1 aromatic carbocycles. The molecule has 0 saturated heterocycles. The van der Waals surface area contributed by atoms with Crippen LogP contribution in [0.1, 0.15) is 17.0 Å². The van der Waals surface area contributed by atoms with Crippen LogP contribution in [0.3, 0.4) is 0 Å². The van der Waals surface area contributed by atoms with E-state index in [0.717, 1.165) is 17.0 Å². The Hall–Kier alpha value is -2.15. The second-order valence-corrected chi connectivity index (χ2v) is 5.77. The Morgan fingerprint density at radius 3 is 2.91 bits per heavy atom. The number of hydrogen-bond acceptors (Lipinski definition) is 7. The summed E-state index contributed by atoms with van der Waals surface area (Å²) in [4.78, 5) is 11.9. The van der Waals surface area contributed by atoms with Crippen LogP contribution < -0.4 is 14.2 Å². The molecule has 0 atom stereocenters. The second-order valence-electron chi connectivity index (χ2n) is 4.78. The van der Waals surface area contributed by atoms with Crippen molar-refractivity contribution in [2.24, 2.45) is 0 Å². The fourth-order valence-corrected chi connectivity index (χ4v) is 2.99. The summed E-state index contributed by atoms with van der Waals surface area (Å²) in [5, 5.41) is 3.88. The third-order valence-electron chi connectivity index (χ3n) is 3.22.